The number of nitro benzene ring substituents is 1. The van der Waals surface area contributed by atoms with Crippen molar-refractivity contribution in [1.29, 1.82) is 0 Å². The van der Waals surface area contributed by atoms with Crippen LogP contribution in [0.2, 0.25) is 0 Å². The van der Waals surface area contributed by atoms with Gasteiger partial charge in [-0.1, -0.05) is 48.0 Å². The Bertz CT molecular complexity index is 1490. The van der Waals surface area contributed by atoms with Gasteiger partial charge in [-0.05, 0) is 55.1 Å². The highest BCUT2D eigenvalue weighted by Crippen LogP contribution is 2.26. The first-order chi connectivity index (χ1) is 19.6. The summed E-state index contributed by atoms with van der Waals surface area (Å²) in [7, 11) is -3.91. The molecule has 1 saturated heterocycles. The molecule has 1 heterocycles. The van der Waals surface area contributed by atoms with Crippen LogP contribution in [0.1, 0.15) is 35.3 Å². The molecule has 12 heteroatoms. The van der Waals surface area contributed by atoms with Crippen molar-refractivity contribution in [3.63, 3.8) is 0 Å². The van der Waals surface area contributed by atoms with Crippen LogP contribution in [0.25, 0.3) is 0 Å². The third-order valence-corrected chi connectivity index (χ3v) is 9.49. The van der Waals surface area contributed by atoms with Crippen LogP contribution in [0.3, 0.4) is 0 Å². The number of halogens is 1. The van der Waals surface area contributed by atoms with Gasteiger partial charge in [0.25, 0.3) is 11.6 Å². The van der Waals surface area contributed by atoms with Crippen molar-refractivity contribution in [2.24, 2.45) is 0 Å². The van der Waals surface area contributed by atoms with Crippen molar-refractivity contribution < 1.29 is 22.9 Å². The van der Waals surface area contributed by atoms with Gasteiger partial charge in [0.05, 0.1) is 9.82 Å². The monoisotopic (exact) mass is 644 g/mol. The number of non-ortho nitro benzene ring substituents is 1. The highest BCUT2D eigenvalue weighted by molar-refractivity contribution is 9.10. The van der Waals surface area contributed by atoms with Gasteiger partial charge in [0, 0.05) is 60.5 Å². The molecular weight excluding hydrogens is 612 g/mol. The number of amides is 1. The van der Waals surface area contributed by atoms with Gasteiger partial charge in [-0.15, -0.1) is 0 Å². The van der Waals surface area contributed by atoms with Crippen LogP contribution < -0.4 is 4.74 Å². The molecule has 1 amide bonds. The lowest BCUT2D eigenvalue weighted by atomic mass is 10.1. The number of rotatable bonds is 11. The Balaban J connectivity index is 1.35. The zero-order valence-corrected chi connectivity index (χ0v) is 25.4. The molecule has 0 aliphatic carbocycles. The maximum absolute atomic E-state index is 13.1. The van der Waals surface area contributed by atoms with Crippen molar-refractivity contribution in [3.05, 3.63) is 98.0 Å². The quantitative estimate of drug-likeness (QED) is 0.215. The topological polar surface area (TPSA) is 113 Å². The number of nitro groups is 1. The summed E-state index contributed by atoms with van der Waals surface area (Å²) in [5.74, 6) is 0.637. The van der Waals surface area contributed by atoms with Crippen LogP contribution >= 0.6 is 15.9 Å². The Morgan fingerprint density at radius 3 is 2.32 bits per heavy atom. The summed E-state index contributed by atoms with van der Waals surface area (Å²) in [6.07, 6.45) is 0. The van der Waals surface area contributed by atoms with Crippen molar-refractivity contribution in [1.82, 2.24) is 14.1 Å². The maximum atomic E-state index is 13.1. The Morgan fingerprint density at radius 2 is 1.68 bits per heavy atom. The molecular formula is C29H33BrN4O6S. The normalized spacial score (nSPS) is 14.3. The number of carbonyl (C=O) groups is 1. The molecule has 4 rings (SSSR count). The van der Waals surface area contributed by atoms with E-state index in [4.69, 9.17) is 4.74 Å². The second-order valence-corrected chi connectivity index (χ2v) is 12.5. The summed E-state index contributed by atoms with van der Waals surface area (Å²) in [5.41, 5.74) is 2.24. The molecule has 0 N–H and O–H groups in total. The molecule has 1 fully saturated rings. The summed E-state index contributed by atoms with van der Waals surface area (Å²) in [6.45, 7) is 7.94. The third kappa shape index (κ3) is 7.50. The van der Waals surface area contributed by atoms with Gasteiger partial charge in [-0.25, -0.2) is 8.42 Å². The highest BCUT2D eigenvalue weighted by atomic mass is 79.9. The maximum Gasteiger partial charge on any atom is 0.270 e. The molecule has 1 aliphatic rings. The van der Waals surface area contributed by atoms with Crippen LogP contribution in [0, 0.1) is 10.1 Å². The summed E-state index contributed by atoms with van der Waals surface area (Å²) in [4.78, 5) is 27.3. The fourth-order valence-electron chi connectivity index (χ4n) is 4.63. The fourth-order valence-corrected chi connectivity index (χ4v) is 6.50. The van der Waals surface area contributed by atoms with Gasteiger partial charge in [0.2, 0.25) is 10.0 Å². The van der Waals surface area contributed by atoms with E-state index in [2.05, 4.69) is 40.7 Å². The number of sulfonamides is 1. The van der Waals surface area contributed by atoms with E-state index in [1.807, 2.05) is 24.3 Å². The predicted octanol–water partition coefficient (Wildman–Crippen LogP) is 4.92. The molecule has 41 heavy (non-hydrogen) atoms. The van der Waals surface area contributed by atoms with Gasteiger partial charge in [0.1, 0.15) is 12.4 Å². The molecule has 0 spiro atoms. The summed E-state index contributed by atoms with van der Waals surface area (Å²) in [6, 6.07) is 18.2. The minimum Gasteiger partial charge on any atom is -0.489 e. The lowest BCUT2D eigenvalue weighted by molar-refractivity contribution is -0.385. The first-order valence-electron chi connectivity index (χ1n) is 13.4. The fraction of sp³-hybridized carbons (Fsp3) is 0.345. The second-order valence-electron chi connectivity index (χ2n) is 9.65. The van der Waals surface area contributed by atoms with E-state index in [9.17, 15) is 23.3 Å². The van der Waals surface area contributed by atoms with Crippen LogP contribution in [0.15, 0.2) is 76.1 Å². The minimum absolute atomic E-state index is 0.103. The number of hydrogen-bond donors (Lipinski definition) is 0. The van der Waals surface area contributed by atoms with Gasteiger partial charge >= 0.3 is 0 Å². The van der Waals surface area contributed by atoms with Crippen LogP contribution in [-0.4, -0.2) is 72.6 Å². The van der Waals surface area contributed by atoms with Crippen molar-refractivity contribution >= 4 is 37.5 Å². The molecule has 0 unspecified atom stereocenters. The number of ether oxygens (including phenoxy) is 1. The Morgan fingerprint density at radius 1 is 1.00 bits per heavy atom. The minimum atomic E-state index is -3.91. The Labute approximate surface area is 248 Å². The van der Waals surface area contributed by atoms with E-state index < -0.39 is 14.9 Å². The summed E-state index contributed by atoms with van der Waals surface area (Å²) < 4.78 is 34.4. The molecule has 218 valence electrons. The SMILES string of the molecule is CCN(CC)Cc1cc(Br)ccc1OCc1ccc(C(=O)N2CCN(S(=O)(=O)c3cccc([N+](=O)[O-])c3)CC2)cc1. The van der Waals surface area contributed by atoms with Crippen molar-refractivity contribution in [3.8, 4) is 5.75 Å². The lowest BCUT2D eigenvalue weighted by Gasteiger charge is -2.34. The summed E-state index contributed by atoms with van der Waals surface area (Å²) >= 11 is 3.55. The molecule has 3 aromatic carbocycles. The number of hydrogen-bond acceptors (Lipinski definition) is 7. The van der Waals surface area contributed by atoms with E-state index in [1.54, 1.807) is 17.0 Å². The van der Waals surface area contributed by atoms with E-state index >= 15 is 0 Å². The smallest absolute Gasteiger partial charge is 0.270 e. The largest absolute Gasteiger partial charge is 0.489 e. The van der Waals surface area contributed by atoms with Crippen molar-refractivity contribution in [2.75, 3.05) is 39.3 Å². The second kappa shape index (κ2) is 13.6. The van der Waals surface area contributed by atoms with Crippen LogP contribution in [-0.2, 0) is 23.2 Å². The zero-order chi connectivity index (χ0) is 29.6. The lowest BCUT2D eigenvalue weighted by Crippen LogP contribution is -2.50. The summed E-state index contributed by atoms with van der Waals surface area (Å²) in [5, 5.41) is 11.1. The molecule has 0 radical (unpaired) electrons. The molecule has 1 aliphatic heterocycles. The van der Waals surface area contributed by atoms with Crippen LogP contribution in [0.5, 0.6) is 5.75 Å². The number of nitrogens with zero attached hydrogens (tertiary/aromatic N) is 4. The molecule has 0 atom stereocenters. The first kappa shape index (κ1) is 30.6. The van der Waals surface area contributed by atoms with Gasteiger partial charge in [0.15, 0.2) is 0 Å². The number of carbonyl (C=O) groups excluding carboxylic acids is 1. The Kier molecular flexibility index (Phi) is 10.1. The molecule has 3 aromatic rings. The standard InChI is InChI=1S/C29H33BrN4O6S/c1-3-31(4-2)20-24-18-25(30)12-13-28(24)40-21-22-8-10-23(11-9-22)29(35)32-14-16-33(17-15-32)41(38,39)27-7-5-6-26(19-27)34(36)37/h5-13,18-19H,3-4,14-17,20-21H2,1-2H3. The van der Waals surface area contributed by atoms with Crippen molar-refractivity contribution in [2.45, 2.75) is 31.9 Å². The molecule has 0 bridgehead atoms. The average molecular weight is 646 g/mol. The zero-order valence-electron chi connectivity index (χ0n) is 23.0. The number of benzene rings is 3. The Hall–Kier alpha value is -3.32. The van der Waals surface area contributed by atoms with Crippen LogP contribution in [0.4, 0.5) is 5.69 Å². The molecule has 0 saturated carbocycles. The highest BCUT2D eigenvalue weighted by Gasteiger charge is 2.31. The molecule has 10 nitrogen and oxygen atoms in total. The predicted molar refractivity (Wildman–Crippen MR) is 159 cm³/mol. The first-order valence-corrected chi connectivity index (χ1v) is 15.6. The van der Waals surface area contributed by atoms with E-state index in [-0.39, 0.29) is 42.7 Å². The van der Waals surface area contributed by atoms with Gasteiger partial charge < -0.3 is 9.64 Å². The van der Waals surface area contributed by atoms with Gasteiger partial charge in [-0.3, -0.25) is 19.8 Å². The average Bonchev–Trinajstić information content (AvgIpc) is 2.99. The van der Waals surface area contributed by atoms with E-state index in [0.717, 1.165) is 47.0 Å². The molecule has 0 aromatic heterocycles. The number of piperazine rings is 1. The van der Waals surface area contributed by atoms with Gasteiger partial charge in [-0.2, -0.15) is 4.31 Å². The third-order valence-electron chi connectivity index (χ3n) is 7.10. The van der Waals surface area contributed by atoms with E-state index in [0.29, 0.717) is 12.2 Å². The van der Waals surface area contributed by atoms with E-state index in [1.165, 1.54) is 22.5 Å².